The summed E-state index contributed by atoms with van der Waals surface area (Å²) < 4.78 is 0. The lowest BCUT2D eigenvalue weighted by Gasteiger charge is -2.17. The summed E-state index contributed by atoms with van der Waals surface area (Å²) in [6.07, 6.45) is 4.29. The van der Waals surface area contributed by atoms with Gasteiger partial charge in [0.15, 0.2) is 0 Å². The summed E-state index contributed by atoms with van der Waals surface area (Å²) in [4.78, 5) is 6.92. The van der Waals surface area contributed by atoms with E-state index < -0.39 is 0 Å². The second kappa shape index (κ2) is 7.85. The maximum absolute atomic E-state index is 4.45. The third-order valence-electron chi connectivity index (χ3n) is 3.76. The second-order valence-electron chi connectivity index (χ2n) is 5.04. The summed E-state index contributed by atoms with van der Waals surface area (Å²) in [5.74, 6) is 1.01. The van der Waals surface area contributed by atoms with Crippen molar-refractivity contribution in [3.05, 3.63) is 36.5 Å². The Balaban J connectivity index is 1.81. The molecule has 0 bridgehead atoms. The summed E-state index contributed by atoms with van der Waals surface area (Å²) in [6.45, 7) is 8.92. The van der Waals surface area contributed by atoms with E-state index >= 15 is 0 Å². The van der Waals surface area contributed by atoms with Gasteiger partial charge >= 0.3 is 0 Å². The first-order chi connectivity index (χ1) is 9.85. The van der Waals surface area contributed by atoms with Crippen molar-refractivity contribution in [1.82, 2.24) is 9.88 Å². The van der Waals surface area contributed by atoms with E-state index in [1.54, 1.807) is 0 Å². The average Bonchev–Trinajstić information content (AvgIpc) is 2.51. The molecule has 1 aromatic heterocycles. The quantitative estimate of drug-likeness (QED) is 0.741. The lowest BCUT2D eigenvalue weighted by atomic mass is 10.1. The van der Waals surface area contributed by atoms with Crippen molar-refractivity contribution in [2.75, 3.05) is 31.5 Å². The van der Waals surface area contributed by atoms with Crippen LogP contribution in [0.5, 0.6) is 0 Å². The molecule has 0 unspecified atom stereocenters. The Morgan fingerprint density at radius 2 is 1.85 bits per heavy atom. The Kier molecular flexibility index (Phi) is 5.81. The number of hydrogen-bond donors (Lipinski definition) is 1. The van der Waals surface area contributed by atoms with Crippen molar-refractivity contribution in [3.8, 4) is 0 Å². The Hall–Kier alpha value is -1.61. The van der Waals surface area contributed by atoms with Gasteiger partial charge in [0.25, 0.3) is 0 Å². The lowest BCUT2D eigenvalue weighted by molar-refractivity contribution is 0.298. The Morgan fingerprint density at radius 3 is 2.65 bits per heavy atom. The van der Waals surface area contributed by atoms with Gasteiger partial charge in [-0.05, 0) is 43.9 Å². The summed E-state index contributed by atoms with van der Waals surface area (Å²) in [7, 11) is 0. The van der Waals surface area contributed by atoms with Crippen molar-refractivity contribution in [2.45, 2.75) is 26.7 Å². The molecule has 108 valence electrons. The molecule has 1 heterocycles. The van der Waals surface area contributed by atoms with Crippen LogP contribution >= 0.6 is 0 Å². The summed E-state index contributed by atoms with van der Waals surface area (Å²) >= 11 is 0. The zero-order valence-electron chi connectivity index (χ0n) is 12.6. The van der Waals surface area contributed by atoms with Crippen LogP contribution in [0.4, 0.5) is 5.82 Å². The Bertz CT molecular complexity index is 515. The van der Waals surface area contributed by atoms with Crippen LogP contribution in [0.1, 0.15) is 26.7 Å². The van der Waals surface area contributed by atoms with Gasteiger partial charge in [0, 0.05) is 18.1 Å². The molecule has 1 N–H and O–H groups in total. The minimum atomic E-state index is 0.988. The van der Waals surface area contributed by atoms with Crippen LogP contribution < -0.4 is 5.32 Å². The fourth-order valence-corrected chi connectivity index (χ4v) is 2.47. The lowest BCUT2D eigenvalue weighted by Crippen LogP contribution is -2.24. The molecule has 0 aliphatic carbocycles. The molecule has 1 aromatic carbocycles. The monoisotopic (exact) mass is 271 g/mol. The zero-order valence-corrected chi connectivity index (χ0v) is 12.6. The average molecular weight is 271 g/mol. The highest BCUT2D eigenvalue weighted by Gasteiger charge is 2.01. The molecule has 0 amide bonds. The summed E-state index contributed by atoms with van der Waals surface area (Å²) in [5, 5.41) is 5.92. The molecule has 0 fully saturated rings. The number of hydrogen-bond acceptors (Lipinski definition) is 3. The fraction of sp³-hybridized carbons (Fsp3) is 0.471. The molecule has 0 aliphatic heterocycles. The molecule has 0 radical (unpaired) electrons. The first-order valence-electron chi connectivity index (χ1n) is 7.65. The maximum Gasteiger partial charge on any atom is 0.133 e. The minimum absolute atomic E-state index is 0.988. The Labute approximate surface area is 122 Å². The molecule has 2 aromatic rings. The van der Waals surface area contributed by atoms with E-state index in [2.05, 4.69) is 59.4 Å². The van der Waals surface area contributed by atoms with Gasteiger partial charge in [-0.3, -0.25) is 0 Å². The highest BCUT2D eigenvalue weighted by atomic mass is 15.1. The van der Waals surface area contributed by atoms with Crippen LogP contribution in [-0.4, -0.2) is 36.1 Å². The van der Waals surface area contributed by atoms with Crippen LogP contribution in [-0.2, 0) is 0 Å². The van der Waals surface area contributed by atoms with E-state index in [4.69, 9.17) is 0 Å². The number of aromatic nitrogens is 1. The molecule has 3 nitrogen and oxygen atoms in total. The summed E-state index contributed by atoms with van der Waals surface area (Å²) in [5.41, 5.74) is 0. The van der Waals surface area contributed by atoms with Crippen molar-refractivity contribution < 1.29 is 0 Å². The molecular weight excluding hydrogens is 246 g/mol. The van der Waals surface area contributed by atoms with Crippen molar-refractivity contribution >= 4 is 16.6 Å². The third kappa shape index (κ3) is 3.94. The smallest absolute Gasteiger partial charge is 0.133 e. The van der Waals surface area contributed by atoms with Crippen molar-refractivity contribution in [2.24, 2.45) is 0 Å². The zero-order chi connectivity index (χ0) is 14.2. The minimum Gasteiger partial charge on any atom is -0.370 e. The number of unbranched alkanes of at least 4 members (excludes halogenated alkanes) is 1. The molecule has 3 heteroatoms. The molecule has 0 aliphatic rings. The number of pyridine rings is 1. The van der Waals surface area contributed by atoms with E-state index in [0.717, 1.165) is 25.5 Å². The molecule has 0 saturated carbocycles. The van der Waals surface area contributed by atoms with E-state index in [1.165, 1.54) is 30.2 Å². The van der Waals surface area contributed by atoms with Gasteiger partial charge in [-0.25, -0.2) is 4.98 Å². The van der Waals surface area contributed by atoms with Crippen LogP contribution in [0.3, 0.4) is 0 Å². The first kappa shape index (κ1) is 14.8. The van der Waals surface area contributed by atoms with E-state index in [-0.39, 0.29) is 0 Å². The molecular formula is C17H25N3. The Morgan fingerprint density at radius 1 is 1.05 bits per heavy atom. The van der Waals surface area contributed by atoms with Crippen LogP contribution in [0.2, 0.25) is 0 Å². The number of nitrogens with one attached hydrogen (secondary N) is 1. The molecule has 2 rings (SSSR count). The second-order valence-corrected chi connectivity index (χ2v) is 5.04. The number of benzene rings is 1. The van der Waals surface area contributed by atoms with E-state index in [0.29, 0.717) is 0 Å². The van der Waals surface area contributed by atoms with Gasteiger partial charge in [0.1, 0.15) is 5.82 Å². The molecule has 0 atom stereocenters. The van der Waals surface area contributed by atoms with Crippen molar-refractivity contribution in [3.63, 3.8) is 0 Å². The standard InChI is InChI=1S/C17H25N3/c1-3-20(4-2)14-8-7-12-18-17-16-10-6-5-9-15(16)11-13-19-17/h5-6,9-11,13H,3-4,7-8,12,14H2,1-2H3,(H,18,19). The topological polar surface area (TPSA) is 28.2 Å². The van der Waals surface area contributed by atoms with Gasteiger partial charge in [0.2, 0.25) is 0 Å². The van der Waals surface area contributed by atoms with E-state index in [1.807, 2.05) is 6.20 Å². The largest absolute Gasteiger partial charge is 0.370 e. The van der Waals surface area contributed by atoms with Gasteiger partial charge in [-0.15, -0.1) is 0 Å². The van der Waals surface area contributed by atoms with E-state index in [9.17, 15) is 0 Å². The highest BCUT2D eigenvalue weighted by Crippen LogP contribution is 2.20. The number of rotatable bonds is 8. The fourth-order valence-electron chi connectivity index (χ4n) is 2.47. The third-order valence-corrected chi connectivity index (χ3v) is 3.76. The number of anilines is 1. The SMILES string of the molecule is CCN(CC)CCCCNc1nccc2ccccc12. The highest BCUT2D eigenvalue weighted by molar-refractivity contribution is 5.91. The van der Waals surface area contributed by atoms with Crippen molar-refractivity contribution in [1.29, 1.82) is 0 Å². The number of fused-ring (bicyclic) bond motifs is 1. The summed E-state index contributed by atoms with van der Waals surface area (Å²) in [6, 6.07) is 10.4. The van der Waals surface area contributed by atoms with Gasteiger partial charge < -0.3 is 10.2 Å². The molecule has 0 saturated heterocycles. The number of nitrogens with zero attached hydrogens (tertiary/aromatic N) is 2. The van der Waals surface area contributed by atoms with Crippen LogP contribution in [0.25, 0.3) is 10.8 Å². The maximum atomic E-state index is 4.45. The van der Waals surface area contributed by atoms with Crippen LogP contribution in [0, 0.1) is 0 Å². The van der Waals surface area contributed by atoms with Gasteiger partial charge in [-0.2, -0.15) is 0 Å². The van der Waals surface area contributed by atoms with Gasteiger partial charge in [0.05, 0.1) is 0 Å². The normalized spacial score (nSPS) is 11.2. The molecule has 0 spiro atoms. The first-order valence-corrected chi connectivity index (χ1v) is 7.65. The van der Waals surface area contributed by atoms with Gasteiger partial charge in [-0.1, -0.05) is 38.1 Å². The molecule has 20 heavy (non-hydrogen) atoms. The predicted octanol–water partition coefficient (Wildman–Crippen LogP) is 3.77. The van der Waals surface area contributed by atoms with Crippen LogP contribution in [0.15, 0.2) is 36.5 Å². The predicted molar refractivity (Wildman–Crippen MR) is 87.3 cm³/mol.